The lowest BCUT2D eigenvalue weighted by Crippen LogP contribution is -2.44. The molecule has 0 saturated heterocycles. The summed E-state index contributed by atoms with van der Waals surface area (Å²) < 4.78 is 19.3. The largest absolute Gasteiger partial charge is 0.456 e. The van der Waals surface area contributed by atoms with Crippen molar-refractivity contribution in [3.63, 3.8) is 0 Å². The van der Waals surface area contributed by atoms with Gasteiger partial charge >= 0.3 is 0 Å². The molecule has 5 nitrogen and oxygen atoms in total. The van der Waals surface area contributed by atoms with Crippen LogP contribution in [-0.2, 0) is 8.85 Å². The van der Waals surface area contributed by atoms with Crippen molar-refractivity contribution in [2.45, 2.75) is 84.7 Å². The molecule has 1 heterocycles. The van der Waals surface area contributed by atoms with Crippen LogP contribution in [0.15, 0.2) is 45.6 Å². The second-order valence-corrected chi connectivity index (χ2v) is 22.9. The molecule has 0 bridgehead atoms. The van der Waals surface area contributed by atoms with E-state index in [4.69, 9.17) is 13.3 Å². The predicted octanol–water partition coefficient (Wildman–Crippen LogP) is 8.10. The number of fused-ring (bicyclic) bond motifs is 2. The van der Waals surface area contributed by atoms with Gasteiger partial charge in [0.05, 0.1) is 24.0 Å². The maximum atomic E-state index is 13.1. The fourth-order valence-corrected chi connectivity index (χ4v) is 5.84. The first-order chi connectivity index (χ1) is 16.9. The third kappa shape index (κ3) is 6.74. The second-order valence-electron chi connectivity index (χ2n) is 13.3. The van der Waals surface area contributed by atoms with Crippen LogP contribution in [0.3, 0.4) is 0 Å². The van der Waals surface area contributed by atoms with E-state index in [1.807, 2.05) is 43.3 Å². The van der Waals surface area contributed by atoms with Crippen molar-refractivity contribution in [1.82, 2.24) is 0 Å². The van der Waals surface area contributed by atoms with Crippen LogP contribution in [0.5, 0.6) is 0 Å². The highest BCUT2D eigenvalue weighted by atomic mass is 28.4. The van der Waals surface area contributed by atoms with Crippen LogP contribution in [0.1, 0.15) is 47.1 Å². The molecule has 37 heavy (non-hydrogen) atoms. The van der Waals surface area contributed by atoms with Crippen LogP contribution < -0.4 is 10.3 Å². The summed E-state index contributed by atoms with van der Waals surface area (Å²) in [6.45, 7) is 27.5. The van der Waals surface area contributed by atoms with E-state index in [1.54, 1.807) is 0 Å². The summed E-state index contributed by atoms with van der Waals surface area (Å²) in [5, 5.41) is 1.55. The SMILES string of the molecule is Cc1ccc2c(=O)c3ccc(N(CCO[Si](C)(C)C(C)(C)C)CCO[Si](C)(C)C(C)(C)C)cc3oc2c1. The van der Waals surface area contributed by atoms with E-state index in [1.165, 1.54) is 0 Å². The summed E-state index contributed by atoms with van der Waals surface area (Å²) in [5.41, 5.74) is 3.33. The van der Waals surface area contributed by atoms with E-state index >= 15 is 0 Å². The average molecular weight is 542 g/mol. The molecule has 3 aromatic rings. The first kappa shape index (κ1) is 29.6. The third-order valence-electron chi connectivity index (χ3n) is 8.44. The van der Waals surface area contributed by atoms with Crippen LogP contribution in [0.25, 0.3) is 21.9 Å². The van der Waals surface area contributed by atoms with Gasteiger partial charge in [-0.1, -0.05) is 47.6 Å². The van der Waals surface area contributed by atoms with E-state index in [2.05, 4.69) is 72.6 Å². The topological polar surface area (TPSA) is 51.9 Å². The van der Waals surface area contributed by atoms with Crippen molar-refractivity contribution in [3.05, 3.63) is 52.2 Å². The molecule has 0 N–H and O–H groups in total. The molecule has 0 amide bonds. The standard InChI is InChI=1S/C30H47NO4Si2/c1-22-12-14-24-26(20-22)35-27-21-23(13-15-25(27)28(24)32)31(16-18-33-36(8,9)29(2,3)4)17-19-34-37(10,11)30(5,6)7/h12-15,20-21H,16-19H2,1-11H3. The molecule has 0 aliphatic rings. The van der Waals surface area contributed by atoms with E-state index in [0.29, 0.717) is 35.2 Å². The second kappa shape index (κ2) is 10.7. The number of nitrogens with zero attached hydrogens (tertiary/aromatic N) is 1. The van der Waals surface area contributed by atoms with Crippen molar-refractivity contribution in [2.24, 2.45) is 0 Å². The zero-order valence-electron chi connectivity index (χ0n) is 24.9. The number of rotatable bonds is 9. The molecular formula is C30H47NO4Si2. The van der Waals surface area contributed by atoms with Gasteiger partial charge in [-0.2, -0.15) is 0 Å². The van der Waals surface area contributed by atoms with Crippen molar-refractivity contribution < 1.29 is 13.3 Å². The maximum absolute atomic E-state index is 13.1. The van der Waals surface area contributed by atoms with Gasteiger partial charge in [0, 0.05) is 24.8 Å². The minimum atomic E-state index is -1.86. The van der Waals surface area contributed by atoms with Crippen molar-refractivity contribution >= 4 is 44.3 Å². The number of aryl methyl sites for hydroxylation is 1. The molecular weight excluding hydrogens is 495 g/mol. The molecule has 3 rings (SSSR count). The molecule has 2 aromatic carbocycles. The van der Waals surface area contributed by atoms with Gasteiger partial charge in [-0.3, -0.25) is 4.79 Å². The Kier molecular flexibility index (Phi) is 8.54. The van der Waals surface area contributed by atoms with Crippen molar-refractivity contribution in [2.75, 3.05) is 31.2 Å². The molecule has 0 spiro atoms. The molecule has 7 heteroatoms. The first-order valence-corrected chi connectivity index (χ1v) is 19.2. The zero-order chi connectivity index (χ0) is 27.8. The van der Waals surface area contributed by atoms with Crippen LogP contribution in [0.2, 0.25) is 36.3 Å². The van der Waals surface area contributed by atoms with Gasteiger partial charge in [0.1, 0.15) is 11.2 Å². The lowest BCUT2D eigenvalue weighted by Gasteiger charge is -2.38. The molecule has 0 aliphatic carbocycles. The predicted molar refractivity (Wildman–Crippen MR) is 163 cm³/mol. The Morgan fingerprint density at radius 3 is 1.70 bits per heavy atom. The van der Waals surface area contributed by atoms with Crippen LogP contribution in [0, 0.1) is 6.92 Å². The number of hydrogen-bond acceptors (Lipinski definition) is 5. The number of anilines is 1. The van der Waals surface area contributed by atoms with Gasteiger partial charge in [0.2, 0.25) is 5.43 Å². The minimum absolute atomic E-state index is 0.0110. The summed E-state index contributed by atoms with van der Waals surface area (Å²) >= 11 is 0. The summed E-state index contributed by atoms with van der Waals surface area (Å²) in [4.78, 5) is 15.4. The van der Waals surface area contributed by atoms with E-state index < -0.39 is 16.6 Å². The molecule has 0 unspecified atom stereocenters. The third-order valence-corrected chi connectivity index (χ3v) is 17.5. The Morgan fingerprint density at radius 2 is 1.22 bits per heavy atom. The molecule has 0 aliphatic heterocycles. The monoisotopic (exact) mass is 541 g/mol. The molecule has 0 atom stereocenters. The normalized spacial score (nSPS) is 13.5. The maximum Gasteiger partial charge on any atom is 0.200 e. The first-order valence-electron chi connectivity index (χ1n) is 13.4. The van der Waals surface area contributed by atoms with Gasteiger partial charge in [0.25, 0.3) is 0 Å². The fourth-order valence-electron chi connectivity index (χ4n) is 3.77. The molecule has 0 radical (unpaired) electrons. The lowest BCUT2D eigenvalue weighted by atomic mass is 10.1. The Labute approximate surface area is 225 Å². The summed E-state index contributed by atoms with van der Waals surface area (Å²) in [6, 6.07) is 11.7. The van der Waals surface area contributed by atoms with Crippen LogP contribution >= 0.6 is 0 Å². The van der Waals surface area contributed by atoms with Gasteiger partial charge in [-0.25, -0.2) is 0 Å². The Bertz CT molecular complexity index is 1270. The Hall–Kier alpha value is -1.94. The van der Waals surface area contributed by atoms with Crippen LogP contribution in [0.4, 0.5) is 5.69 Å². The van der Waals surface area contributed by atoms with E-state index in [9.17, 15) is 4.79 Å². The average Bonchev–Trinajstić information content (AvgIpc) is 2.76. The van der Waals surface area contributed by atoms with Crippen molar-refractivity contribution in [3.8, 4) is 0 Å². The van der Waals surface area contributed by atoms with Gasteiger partial charge in [-0.05, 0) is 73.0 Å². The molecule has 1 aromatic heterocycles. The van der Waals surface area contributed by atoms with Gasteiger partial charge in [-0.15, -0.1) is 0 Å². The van der Waals surface area contributed by atoms with E-state index in [0.717, 1.165) is 24.3 Å². The summed E-state index contributed by atoms with van der Waals surface area (Å²) in [7, 11) is -3.71. The van der Waals surface area contributed by atoms with Crippen molar-refractivity contribution in [1.29, 1.82) is 0 Å². The molecule has 0 fully saturated rings. The lowest BCUT2D eigenvalue weighted by molar-refractivity contribution is 0.276. The van der Waals surface area contributed by atoms with Crippen LogP contribution in [-0.4, -0.2) is 42.9 Å². The molecule has 204 valence electrons. The minimum Gasteiger partial charge on any atom is -0.456 e. The number of hydrogen-bond donors (Lipinski definition) is 0. The highest BCUT2D eigenvalue weighted by Gasteiger charge is 2.38. The van der Waals surface area contributed by atoms with E-state index in [-0.39, 0.29) is 15.5 Å². The highest BCUT2D eigenvalue weighted by molar-refractivity contribution is 6.74. The van der Waals surface area contributed by atoms with Gasteiger partial charge < -0.3 is 18.2 Å². The smallest absolute Gasteiger partial charge is 0.200 e. The highest BCUT2D eigenvalue weighted by Crippen LogP contribution is 2.37. The molecule has 0 saturated carbocycles. The summed E-state index contributed by atoms with van der Waals surface area (Å²) in [5.74, 6) is 0. The summed E-state index contributed by atoms with van der Waals surface area (Å²) in [6.07, 6.45) is 0. The van der Waals surface area contributed by atoms with Gasteiger partial charge in [0.15, 0.2) is 16.6 Å². The fraction of sp³-hybridized carbons (Fsp3) is 0.567. The number of benzene rings is 2. The Balaban J connectivity index is 1.91. The Morgan fingerprint density at radius 1 is 0.757 bits per heavy atom. The quantitative estimate of drug-likeness (QED) is 0.202. The zero-order valence-corrected chi connectivity index (χ0v) is 26.9.